The number of carbonyl (C=O) groups excluding carboxylic acids is 2. The molecule has 2 aromatic rings. The smallest absolute Gasteiger partial charge is 0.242 e. The van der Waals surface area contributed by atoms with Crippen LogP contribution in [0.4, 0.5) is 0 Å². The summed E-state index contributed by atoms with van der Waals surface area (Å²) in [4.78, 5) is 28.1. The largest absolute Gasteiger partial charge is 0.354 e. The van der Waals surface area contributed by atoms with E-state index >= 15 is 0 Å². The summed E-state index contributed by atoms with van der Waals surface area (Å²) in [5.41, 5.74) is 4.75. The molecule has 1 N–H and O–H groups in total. The highest BCUT2D eigenvalue weighted by Gasteiger charge is 2.28. The maximum absolute atomic E-state index is 13.4. The Morgan fingerprint density at radius 1 is 1.00 bits per heavy atom. The number of nitrogens with one attached hydrogen (secondary N) is 1. The summed E-state index contributed by atoms with van der Waals surface area (Å²) in [5, 5.41) is 3.03. The van der Waals surface area contributed by atoms with Crippen molar-refractivity contribution >= 4 is 11.8 Å². The summed E-state index contributed by atoms with van der Waals surface area (Å²) in [6.07, 6.45) is 3.62. The first-order valence-electron chi connectivity index (χ1n) is 12.4. The van der Waals surface area contributed by atoms with Gasteiger partial charge in [0.1, 0.15) is 6.04 Å². The second kappa shape index (κ2) is 12.6. The molecule has 0 aliphatic carbocycles. The number of hydrogen-bond acceptors (Lipinski definition) is 2. The van der Waals surface area contributed by atoms with Crippen molar-refractivity contribution in [1.82, 2.24) is 10.2 Å². The van der Waals surface area contributed by atoms with Gasteiger partial charge in [-0.3, -0.25) is 9.59 Å². The molecule has 180 valence electrons. The van der Waals surface area contributed by atoms with Crippen LogP contribution in [0.5, 0.6) is 0 Å². The Hall–Kier alpha value is -2.62. The quantitative estimate of drug-likeness (QED) is 0.430. The van der Waals surface area contributed by atoms with Crippen molar-refractivity contribution < 1.29 is 9.59 Å². The molecule has 2 amide bonds. The third-order valence-electron chi connectivity index (χ3n) is 6.10. The minimum atomic E-state index is -0.460. The predicted molar refractivity (Wildman–Crippen MR) is 137 cm³/mol. The number of amides is 2. The molecule has 0 saturated carbocycles. The van der Waals surface area contributed by atoms with E-state index in [9.17, 15) is 9.59 Å². The van der Waals surface area contributed by atoms with E-state index in [1.54, 1.807) is 4.90 Å². The molecule has 0 saturated heterocycles. The molecule has 0 radical (unpaired) electrons. The van der Waals surface area contributed by atoms with Gasteiger partial charge >= 0.3 is 0 Å². The fraction of sp³-hybridized carbons (Fsp3) is 0.517. The zero-order chi connectivity index (χ0) is 24.4. The molecule has 33 heavy (non-hydrogen) atoms. The van der Waals surface area contributed by atoms with Crippen molar-refractivity contribution in [1.29, 1.82) is 0 Å². The Labute approximate surface area is 200 Å². The van der Waals surface area contributed by atoms with Crippen LogP contribution in [0, 0.1) is 6.92 Å². The third-order valence-corrected chi connectivity index (χ3v) is 6.10. The van der Waals surface area contributed by atoms with Crippen molar-refractivity contribution in [3.63, 3.8) is 0 Å². The number of rotatable bonds is 11. The van der Waals surface area contributed by atoms with E-state index in [1.807, 2.05) is 32.0 Å². The highest BCUT2D eigenvalue weighted by atomic mass is 16.2. The minimum absolute atomic E-state index is 0.0221. The van der Waals surface area contributed by atoms with Crippen molar-refractivity contribution in [3.05, 3.63) is 70.8 Å². The number of hydrogen-bond donors (Lipinski definition) is 1. The normalized spacial score (nSPS) is 12.3. The summed E-state index contributed by atoms with van der Waals surface area (Å²) in [7, 11) is 0. The molecule has 0 bridgehead atoms. The molecule has 0 aliphatic heterocycles. The summed E-state index contributed by atoms with van der Waals surface area (Å²) in [5.74, 6) is -0.0321. The van der Waals surface area contributed by atoms with Crippen LogP contribution < -0.4 is 5.32 Å². The van der Waals surface area contributed by atoms with Gasteiger partial charge in [-0.25, -0.2) is 0 Å². The van der Waals surface area contributed by atoms with Crippen molar-refractivity contribution in [3.8, 4) is 0 Å². The van der Waals surface area contributed by atoms with Gasteiger partial charge in [-0.05, 0) is 48.3 Å². The van der Waals surface area contributed by atoms with Gasteiger partial charge in [0.2, 0.25) is 11.8 Å². The van der Waals surface area contributed by atoms with Gasteiger partial charge in [0.05, 0.1) is 0 Å². The number of benzene rings is 2. The average molecular weight is 451 g/mol. The fourth-order valence-electron chi connectivity index (χ4n) is 4.00. The summed E-state index contributed by atoms with van der Waals surface area (Å²) in [6.45, 7) is 13.8. The van der Waals surface area contributed by atoms with E-state index in [0.717, 1.165) is 29.5 Å². The van der Waals surface area contributed by atoms with E-state index in [2.05, 4.69) is 63.3 Å². The lowest BCUT2D eigenvalue weighted by molar-refractivity contribution is -0.141. The van der Waals surface area contributed by atoms with Crippen LogP contribution in [0.1, 0.15) is 82.6 Å². The van der Waals surface area contributed by atoms with Crippen LogP contribution in [0.2, 0.25) is 0 Å². The monoisotopic (exact) mass is 450 g/mol. The number of unbranched alkanes of at least 4 members (excludes halogenated alkanes) is 1. The Balaban J connectivity index is 2.16. The van der Waals surface area contributed by atoms with E-state index in [0.29, 0.717) is 32.4 Å². The maximum Gasteiger partial charge on any atom is 0.242 e. The molecule has 2 aromatic carbocycles. The topological polar surface area (TPSA) is 49.4 Å². The molecule has 4 nitrogen and oxygen atoms in total. The van der Waals surface area contributed by atoms with E-state index < -0.39 is 6.04 Å². The Morgan fingerprint density at radius 2 is 1.70 bits per heavy atom. The highest BCUT2D eigenvalue weighted by Crippen LogP contribution is 2.23. The van der Waals surface area contributed by atoms with Gasteiger partial charge in [0, 0.05) is 19.5 Å². The van der Waals surface area contributed by atoms with Crippen molar-refractivity contribution in [2.75, 3.05) is 6.54 Å². The van der Waals surface area contributed by atoms with Gasteiger partial charge < -0.3 is 10.2 Å². The van der Waals surface area contributed by atoms with Gasteiger partial charge in [-0.2, -0.15) is 0 Å². The third kappa shape index (κ3) is 8.34. The predicted octanol–water partition coefficient (Wildman–Crippen LogP) is 5.95. The molecule has 0 heterocycles. The van der Waals surface area contributed by atoms with Crippen LogP contribution in [-0.4, -0.2) is 29.3 Å². The zero-order valence-electron chi connectivity index (χ0n) is 21.4. The van der Waals surface area contributed by atoms with Gasteiger partial charge in [0.25, 0.3) is 0 Å². The number of aryl methyl sites for hydroxylation is 2. The standard InChI is InChI=1S/C29H42N2O2/c1-7-9-19-30-28(33)26(8-2)31(21-24-12-10-11-22(3)20-24)27(32)18-15-23-13-16-25(17-14-23)29(4,5)6/h10-14,16-17,20,26H,7-9,15,18-19,21H2,1-6H3,(H,30,33). The van der Waals surface area contributed by atoms with Crippen LogP contribution >= 0.6 is 0 Å². The Bertz CT molecular complexity index is 897. The first-order chi connectivity index (χ1) is 15.7. The second-order valence-corrected chi connectivity index (χ2v) is 10.0. The lowest BCUT2D eigenvalue weighted by Gasteiger charge is -2.31. The molecule has 1 unspecified atom stereocenters. The number of carbonyl (C=O) groups is 2. The van der Waals surface area contributed by atoms with Crippen LogP contribution in [0.15, 0.2) is 48.5 Å². The first-order valence-corrected chi connectivity index (χ1v) is 12.4. The Morgan fingerprint density at radius 3 is 2.27 bits per heavy atom. The summed E-state index contributed by atoms with van der Waals surface area (Å²) in [6, 6.07) is 16.3. The lowest BCUT2D eigenvalue weighted by Crippen LogP contribution is -2.49. The zero-order valence-corrected chi connectivity index (χ0v) is 21.4. The van der Waals surface area contributed by atoms with Crippen molar-refractivity contribution in [2.24, 2.45) is 0 Å². The molecule has 0 aromatic heterocycles. The molecule has 0 spiro atoms. The lowest BCUT2D eigenvalue weighted by atomic mass is 9.86. The highest BCUT2D eigenvalue weighted by molar-refractivity contribution is 5.87. The first kappa shape index (κ1) is 26.6. The molecule has 0 fully saturated rings. The molecule has 2 rings (SSSR count). The molecule has 0 aliphatic rings. The van der Waals surface area contributed by atoms with E-state index in [-0.39, 0.29) is 17.2 Å². The number of nitrogens with zero attached hydrogens (tertiary/aromatic N) is 1. The van der Waals surface area contributed by atoms with Gasteiger partial charge in [-0.15, -0.1) is 0 Å². The van der Waals surface area contributed by atoms with Crippen LogP contribution in [0.25, 0.3) is 0 Å². The summed E-state index contributed by atoms with van der Waals surface area (Å²) < 4.78 is 0. The van der Waals surface area contributed by atoms with Gasteiger partial charge in [-0.1, -0.05) is 95.1 Å². The Kier molecular flexibility index (Phi) is 10.1. The van der Waals surface area contributed by atoms with Crippen LogP contribution in [0.3, 0.4) is 0 Å². The van der Waals surface area contributed by atoms with E-state index in [1.165, 1.54) is 5.56 Å². The maximum atomic E-state index is 13.4. The van der Waals surface area contributed by atoms with E-state index in [4.69, 9.17) is 0 Å². The fourth-order valence-corrected chi connectivity index (χ4v) is 4.00. The SMILES string of the molecule is CCCCNC(=O)C(CC)N(Cc1cccc(C)c1)C(=O)CCc1ccc(C(C)(C)C)cc1. The van der Waals surface area contributed by atoms with Crippen molar-refractivity contribution in [2.45, 2.75) is 91.6 Å². The average Bonchev–Trinajstić information content (AvgIpc) is 2.77. The second-order valence-electron chi connectivity index (χ2n) is 10.0. The molecule has 1 atom stereocenters. The minimum Gasteiger partial charge on any atom is -0.354 e. The summed E-state index contributed by atoms with van der Waals surface area (Å²) >= 11 is 0. The molecular weight excluding hydrogens is 408 g/mol. The van der Waals surface area contributed by atoms with Crippen LogP contribution in [-0.2, 0) is 28.0 Å². The van der Waals surface area contributed by atoms with Gasteiger partial charge in [0.15, 0.2) is 0 Å². The molecule has 4 heteroatoms. The molecular formula is C29H42N2O2.